The number of carbonyl (C=O) groups is 1. The summed E-state index contributed by atoms with van der Waals surface area (Å²) < 4.78 is 23.6. The van der Waals surface area contributed by atoms with E-state index in [-0.39, 0.29) is 19.6 Å². The first-order valence-electron chi connectivity index (χ1n) is 7.21. The first-order chi connectivity index (χ1) is 11.0. The minimum Gasteiger partial charge on any atom is -0.361 e. The third kappa shape index (κ3) is 3.80. The van der Waals surface area contributed by atoms with Gasteiger partial charge in [0.25, 0.3) is 0 Å². The van der Waals surface area contributed by atoms with E-state index in [1.807, 2.05) is 0 Å². The number of H-pyrrole nitrogens is 1. The molecule has 0 radical (unpaired) electrons. The maximum absolute atomic E-state index is 12.9. The van der Waals surface area contributed by atoms with Crippen molar-refractivity contribution < 1.29 is 18.4 Å². The number of anilines is 1. The summed E-state index contributed by atoms with van der Waals surface area (Å²) in [4.78, 5) is 14.7. The fraction of sp³-hybridized carbons (Fsp3) is 0.333. The molecule has 0 spiro atoms. The van der Waals surface area contributed by atoms with Crippen molar-refractivity contribution in [1.29, 1.82) is 5.26 Å². The molecule has 0 unspecified atom stereocenters. The summed E-state index contributed by atoms with van der Waals surface area (Å²) in [6, 6.07) is 6.83. The van der Waals surface area contributed by atoms with Crippen molar-refractivity contribution in [3.63, 3.8) is 0 Å². The molecular weight excluding hydrogens is 317 g/mol. The van der Waals surface area contributed by atoms with Gasteiger partial charge in [0.2, 0.25) is 5.91 Å². The highest BCUT2D eigenvalue weighted by molar-refractivity contribution is 7.62. The van der Waals surface area contributed by atoms with Gasteiger partial charge in [0.15, 0.2) is 0 Å². The Morgan fingerprint density at radius 1 is 1.35 bits per heavy atom. The molecule has 0 saturated carbocycles. The van der Waals surface area contributed by atoms with Crippen molar-refractivity contribution in [3.8, 4) is 6.07 Å². The van der Waals surface area contributed by atoms with Crippen LogP contribution in [0, 0.1) is 11.3 Å². The normalized spacial score (nSPS) is 11.3. The fourth-order valence-corrected chi connectivity index (χ4v) is 3.83. The fourth-order valence-electron chi connectivity index (χ4n) is 2.21. The molecule has 2 N–H and O–H groups in total. The van der Waals surface area contributed by atoms with Crippen molar-refractivity contribution in [2.75, 3.05) is 18.5 Å². The van der Waals surface area contributed by atoms with Crippen LogP contribution in [-0.2, 0) is 18.4 Å². The Labute approximate surface area is 134 Å². The number of hydrogen-bond donors (Lipinski definition) is 2. The van der Waals surface area contributed by atoms with Crippen LogP contribution in [-0.4, -0.2) is 24.1 Å². The minimum absolute atomic E-state index is 0.232. The molecule has 1 aromatic heterocycles. The summed E-state index contributed by atoms with van der Waals surface area (Å²) >= 11 is 0. The number of nitrogens with zero attached hydrogens (tertiary/aromatic N) is 1. The van der Waals surface area contributed by atoms with E-state index in [0.717, 1.165) is 5.39 Å². The molecule has 1 aromatic carbocycles. The van der Waals surface area contributed by atoms with Gasteiger partial charge in [0.05, 0.1) is 30.3 Å². The molecule has 2 aromatic rings. The van der Waals surface area contributed by atoms with Crippen LogP contribution in [0.1, 0.15) is 20.3 Å². The van der Waals surface area contributed by atoms with Crippen LogP contribution in [0.4, 0.5) is 5.69 Å². The van der Waals surface area contributed by atoms with E-state index >= 15 is 0 Å². The topological polar surface area (TPSA) is 104 Å². The lowest BCUT2D eigenvalue weighted by Gasteiger charge is -2.18. The first-order valence-corrected chi connectivity index (χ1v) is 8.76. The standard InChI is InChI=1S/C15H18N3O4P/c1-3-21-23(20,22-4-2)11-9-13-12(6-8-17-13)14(10-11)18-15(19)5-7-16/h6,8-10,17H,3-5H2,1-2H3,(H,18,19). The van der Waals surface area contributed by atoms with Crippen LogP contribution in [0.25, 0.3) is 10.9 Å². The maximum atomic E-state index is 12.9. The van der Waals surface area contributed by atoms with Gasteiger partial charge in [-0.2, -0.15) is 5.26 Å². The quantitative estimate of drug-likeness (QED) is 0.757. The summed E-state index contributed by atoms with van der Waals surface area (Å²) in [5.41, 5.74) is 1.15. The predicted octanol–water partition coefficient (Wildman–Crippen LogP) is 2.91. The summed E-state index contributed by atoms with van der Waals surface area (Å²) in [6.45, 7) is 3.93. The molecule has 1 heterocycles. The second-order valence-electron chi connectivity index (χ2n) is 4.65. The first kappa shape index (κ1) is 17.2. The van der Waals surface area contributed by atoms with E-state index in [9.17, 15) is 9.36 Å². The van der Waals surface area contributed by atoms with Crippen molar-refractivity contribution in [3.05, 3.63) is 24.4 Å². The number of rotatable bonds is 7. The Kier molecular flexibility index (Phi) is 5.56. The Morgan fingerprint density at radius 2 is 2.04 bits per heavy atom. The van der Waals surface area contributed by atoms with Gasteiger partial charge < -0.3 is 19.3 Å². The number of aromatic amines is 1. The van der Waals surface area contributed by atoms with Crippen molar-refractivity contribution >= 4 is 35.4 Å². The Hall–Kier alpha value is -2.13. The Bertz CT molecular complexity index is 784. The lowest BCUT2D eigenvalue weighted by Crippen LogP contribution is -2.15. The molecule has 0 aliphatic heterocycles. The second-order valence-corrected chi connectivity index (χ2v) is 6.68. The number of amides is 1. The highest BCUT2D eigenvalue weighted by atomic mass is 31.2. The van der Waals surface area contributed by atoms with Gasteiger partial charge in [-0.15, -0.1) is 0 Å². The van der Waals surface area contributed by atoms with Gasteiger partial charge >= 0.3 is 7.60 Å². The van der Waals surface area contributed by atoms with Gasteiger partial charge in [-0.05, 0) is 32.0 Å². The summed E-state index contributed by atoms with van der Waals surface area (Å²) in [7, 11) is -3.47. The molecule has 0 bridgehead atoms. The summed E-state index contributed by atoms with van der Waals surface area (Å²) in [5.74, 6) is -0.435. The largest absolute Gasteiger partial charge is 0.361 e. The predicted molar refractivity (Wildman–Crippen MR) is 87.7 cm³/mol. The molecule has 7 nitrogen and oxygen atoms in total. The van der Waals surface area contributed by atoms with E-state index in [1.165, 1.54) is 0 Å². The van der Waals surface area contributed by atoms with E-state index < -0.39 is 13.5 Å². The van der Waals surface area contributed by atoms with Crippen molar-refractivity contribution in [2.45, 2.75) is 20.3 Å². The molecule has 2 rings (SSSR count). The molecule has 0 atom stereocenters. The smallest absolute Gasteiger partial charge is 0.361 e. The van der Waals surface area contributed by atoms with E-state index in [2.05, 4.69) is 10.3 Å². The van der Waals surface area contributed by atoms with Crippen LogP contribution in [0.3, 0.4) is 0 Å². The van der Waals surface area contributed by atoms with E-state index in [4.69, 9.17) is 14.3 Å². The molecule has 0 aliphatic rings. The number of nitrogens with one attached hydrogen (secondary N) is 2. The van der Waals surface area contributed by atoms with Crippen LogP contribution in [0.15, 0.2) is 24.4 Å². The van der Waals surface area contributed by atoms with Gasteiger partial charge in [0.1, 0.15) is 6.42 Å². The molecular formula is C15H18N3O4P. The van der Waals surface area contributed by atoms with Crippen LogP contribution in [0.2, 0.25) is 0 Å². The van der Waals surface area contributed by atoms with Crippen molar-refractivity contribution in [2.24, 2.45) is 0 Å². The Balaban J connectivity index is 2.51. The SMILES string of the molecule is CCOP(=O)(OCC)c1cc(NC(=O)CC#N)c2cc[nH]c2c1. The third-order valence-electron chi connectivity index (χ3n) is 3.08. The second kappa shape index (κ2) is 7.42. The zero-order chi connectivity index (χ0) is 16.9. The monoisotopic (exact) mass is 335 g/mol. The van der Waals surface area contributed by atoms with E-state index in [0.29, 0.717) is 16.5 Å². The van der Waals surface area contributed by atoms with Gasteiger partial charge in [0, 0.05) is 17.1 Å². The number of aromatic nitrogens is 1. The van der Waals surface area contributed by atoms with Crippen molar-refractivity contribution in [1.82, 2.24) is 4.98 Å². The van der Waals surface area contributed by atoms with Crippen LogP contribution >= 0.6 is 7.60 Å². The zero-order valence-corrected chi connectivity index (χ0v) is 13.9. The highest BCUT2D eigenvalue weighted by Gasteiger charge is 2.28. The molecule has 8 heteroatoms. The Morgan fingerprint density at radius 3 is 2.65 bits per heavy atom. The van der Waals surface area contributed by atoms with E-state index in [1.54, 1.807) is 44.3 Å². The molecule has 0 aliphatic carbocycles. The lowest BCUT2D eigenvalue weighted by atomic mass is 10.2. The highest BCUT2D eigenvalue weighted by Crippen LogP contribution is 2.47. The van der Waals surface area contributed by atoms with Crippen LogP contribution in [0.5, 0.6) is 0 Å². The zero-order valence-electron chi connectivity index (χ0n) is 13.0. The number of carbonyl (C=O) groups excluding carboxylic acids is 1. The molecule has 1 amide bonds. The average Bonchev–Trinajstić information content (AvgIpc) is 2.96. The average molecular weight is 335 g/mol. The number of hydrogen-bond acceptors (Lipinski definition) is 5. The number of benzene rings is 1. The van der Waals surface area contributed by atoms with Gasteiger partial charge in [-0.1, -0.05) is 0 Å². The third-order valence-corrected chi connectivity index (χ3v) is 5.17. The molecule has 23 heavy (non-hydrogen) atoms. The van der Waals surface area contributed by atoms with Gasteiger partial charge in [-0.25, -0.2) is 0 Å². The molecule has 122 valence electrons. The minimum atomic E-state index is -3.47. The number of nitriles is 1. The maximum Gasteiger partial charge on any atom is 0.361 e. The molecule has 0 saturated heterocycles. The van der Waals surface area contributed by atoms with Crippen LogP contribution < -0.4 is 10.6 Å². The van der Waals surface area contributed by atoms with Gasteiger partial charge in [-0.3, -0.25) is 9.36 Å². The summed E-state index contributed by atoms with van der Waals surface area (Å²) in [6.07, 6.45) is 1.45. The lowest BCUT2D eigenvalue weighted by molar-refractivity contribution is -0.115. The molecule has 0 fully saturated rings. The number of fused-ring (bicyclic) bond motifs is 1. The summed E-state index contributed by atoms with van der Waals surface area (Å²) in [5, 5.41) is 12.4.